The van der Waals surface area contributed by atoms with Crippen LogP contribution in [0.4, 0.5) is 11.6 Å². The molecule has 0 fully saturated rings. The van der Waals surface area contributed by atoms with Crippen molar-refractivity contribution in [2.45, 2.75) is 0 Å². The van der Waals surface area contributed by atoms with Gasteiger partial charge in [0.2, 0.25) is 0 Å². The van der Waals surface area contributed by atoms with Crippen LogP contribution in [0, 0.1) is 0 Å². The van der Waals surface area contributed by atoms with E-state index >= 15 is 0 Å². The Kier molecular flexibility index (Phi) is 1.05. The molecule has 1 aromatic heterocycles. The van der Waals surface area contributed by atoms with E-state index < -0.39 is 0 Å². The van der Waals surface area contributed by atoms with E-state index in [1.54, 1.807) is 0 Å². The molecule has 2 rings (SSSR count). The first-order valence-electron chi connectivity index (χ1n) is 1.87. The Morgan fingerprint density at radius 1 is 1.00 bits per heavy atom. The molecule has 0 aliphatic carbocycles. The Morgan fingerprint density at radius 2 is 1.62 bits per heavy atom. The maximum absolute atomic E-state index is 4.03. The van der Waals surface area contributed by atoms with Gasteiger partial charge >= 0.3 is 57.0 Å². The summed E-state index contributed by atoms with van der Waals surface area (Å²) in [5, 5.41) is 0. The molecule has 1 aromatic rings. The molecule has 0 unspecified atom stereocenters. The standard InChI is InChI=1S/C2N4Se2/c3-1-2(5-7-3)6-8-4-1. The zero-order chi connectivity index (χ0) is 5.40. The van der Waals surface area contributed by atoms with Gasteiger partial charge in [0.25, 0.3) is 0 Å². The molecule has 0 bridgehead atoms. The Bertz CT molecular complexity index is 247. The molecule has 0 amide bonds. The molecule has 2 heterocycles. The average Bonchev–Trinajstić information content (AvgIpc) is 2.15. The predicted molar refractivity (Wildman–Crippen MR) is 28.9 cm³/mol. The van der Waals surface area contributed by atoms with Gasteiger partial charge in [-0.25, -0.2) is 0 Å². The fraction of sp³-hybridized carbons (Fsp3) is 0. The molecule has 6 heteroatoms. The molecular formula is C2N4Se2. The fourth-order valence-electron chi connectivity index (χ4n) is 0.392. The maximum atomic E-state index is 4.03. The van der Waals surface area contributed by atoms with Gasteiger partial charge in [-0.15, -0.1) is 0 Å². The van der Waals surface area contributed by atoms with E-state index in [9.17, 15) is 0 Å². The third-order valence-electron chi connectivity index (χ3n) is 0.709. The van der Waals surface area contributed by atoms with Crippen molar-refractivity contribution < 1.29 is 0 Å². The molecule has 1 aliphatic heterocycles. The number of fused-ring (bicyclic) bond motifs is 1. The summed E-state index contributed by atoms with van der Waals surface area (Å²) in [5.41, 5.74) is 0. The summed E-state index contributed by atoms with van der Waals surface area (Å²) in [7, 11) is 0. The molecule has 8 heavy (non-hydrogen) atoms. The number of hydrogen-bond acceptors (Lipinski definition) is 4. The summed E-state index contributed by atoms with van der Waals surface area (Å²) in [6.07, 6.45) is 0. The first kappa shape index (κ1) is 4.82. The number of rotatable bonds is 0. The first-order valence-corrected chi connectivity index (χ1v) is 4.94. The molecular weight excluding hydrogens is 238 g/mol. The second-order valence-corrected chi connectivity index (χ2v) is 3.39. The molecule has 40 valence electrons. The molecule has 0 saturated carbocycles. The molecule has 1 aliphatic rings. The molecule has 0 aromatic carbocycles. The van der Waals surface area contributed by atoms with Crippen molar-refractivity contribution in [3.8, 4) is 0 Å². The number of hydrogen-bond donors (Lipinski definition) is 0. The van der Waals surface area contributed by atoms with Gasteiger partial charge in [0.1, 0.15) is 0 Å². The van der Waals surface area contributed by atoms with Crippen molar-refractivity contribution in [2.75, 3.05) is 0 Å². The van der Waals surface area contributed by atoms with Gasteiger partial charge in [0.05, 0.1) is 0 Å². The predicted octanol–water partition coefficient (Wildman–Crippen LogP) is -0.118. The Balaban J connectivity index is 2.78. The van der Waals surface area contributed by atoms with Crippen LogP contribution in [0.15, 0.2) is 7.92 Å². The molecule has 0 radical (unpaired) electrons. The summed E-state index contributed by atoms with van der Waals surface area (Å²) in [5.74, 6) is 1.59. The van der Waals surface area contributed by atoms with E-state index in [0.717, 1.165) is 11.6 Å². The van der Waals surface area contributed by atoms with Gasteiger partial charge in [-0.05, 0) is 0 Å². The van der Waals surface area contributed by atoms with E-state index in [4.69, 9.17) is 0 Å². The van der Waals surface area contributed by atoms with Crippen LogP contribution >= 0.6 is 0 Å². The van der Waals surface area contributed by atoms with Crippen LogP contribution in [-0.2, 0) is 0 Å². The molecule has 0 spiro atoms. The van der Waals surface area contributed by atoms with Crippen LogP contribution in [-0.4, -0.2) is 37.5 Å². The van der Waals surface area contributed by atoms with E-state index in [1.807, 2.05) is 0 Å². The van der Waals surface area contributed by atoms with Gasteiger partial charge in [-0.3, -0.25) is 0 Å². The summed E-state index contributed by atoms with van der Waals surface area (Å²) < 4.78 is 16.1. The third kappa shape index (κ3) is 0.581. The van der Waals surface area contributed by atoms with Gasteiger partial charge < -0.3 is 0 Å². The topological polar surface area (TPSA) is 50.5 Å². The van der Waals surface area contributed by atoms with Crippen molar-refractivity contribution in [3.05, 3.63) is 0 Å². The molecule has 4 nitrogen and oxygen atoms in total. The van der Waals surface area contributed by atoms with E-state index in [1.165, 1.54) is 0 Å². The van der Waals surface area contributed by atoms with Gasteiger partial charge in [-0.1, -0.05) is 0 Å². The van der Waals surface area contributed by atoms with Crippen LogP contribution in [0.3, 0.4) is 0 Å². The van der Waals surface area contributed by atoms with Gasteiger partial charge in [0.15, 0.2) is 0 Å². The van der Waals surface area contributed by atoms with E-state index in [-0.39, 0.29) is 29.5 Å². The minimum atomic E-state index is 0.0637. The van der Waals surface area contributed by atoms with E-state index in [2.05, 4.69) is 15.9 Å². The van der Waals surface area contributed by atoms with Crippen molar-refractivity contribution in [1.29, 1.82) is 0 Å². The Morgan fingerprint density at radius 3 is 2.25 bits per heavy atom. The normalized spacial score (nSPS) is 13.5. The number of aromatic nitrogens is 2. The van der Waals surface area contributed by atoms with Gasteiger partial charge in [-0.2, -0.15) is 0 Å². The number of nitrogens with zero attached hydrogens (tertiary/aromatic N) is 4. The van der Waals surface area contributed by atoms with E-state index in [0.29, 0.717) is 0 Å². The second-order valence-electron chi connectivity index (χ2n) is 1.18. The zero-order valence-corrected chi connectivity index (χ0v) is 7.03. The van der Waals surface area contributed by atoms with Crippen molar-refractivity contribution >= 4 is 41.2 Å². The Labute approximate surface area is 57.3 Å². The Hall–Kier alpha value is -0.0210. The third-order valence-corrected chi connectivity index (χ3v) is 2.85. The monoisotopic (exact) mass is 240 g/mol. The average molecular weight is 238 g/mol. The summed E-state index contributed by atoms with van der Waals surface area (Å²) in [6, 6.07) is 0. The zero-order valence-electron chi connectivity index (χ0n) is 3.61. The van der Waals surface area contributed by atoms with Crippen molar-refractivity contribution in [1.82, 2.24) is 7.96 Å². The second kappa shape index (κ2) is 1.74. The van der Waals surface area contributed by atoms with Crippen LogP contribution in [0.5, 0.6) is 0 Å². The summed E-state index contributed by atoms with van der Waals surface area (Å²) >= 11 is 0.127. The fourth-order valence-corrected chi connectivity index (χ4v) is 2.76. The first-order chi connectivity index (χ1) is 3.97. The quantitative estimate of drug-likeness (QED) is 0.601. The van der Waals surface area contributed by atoms with Gasteiger partial charge in [0, 0.05) is 0 Å². The van der Waals surface area contributed by atoms with Crippen LogP contribution in [0.1, 0.15) is 0 Å². The van der Waals surface area contributed by atoms with Crippen LogP contribution in [0.2, 0.25) is 0 Å². The van der Waals surface area contributed by atoms with Crippen molar-refractivity contribution in [2.24, 2.45) is 7.92 Å². The SMILES string of the molecule is N1=[Se]=Nc2n[se]nc21. The van der Waals surface area contributed by atoms with Crippen molar-refractivity contribution in [3.63, 3.8) is 0 Å². The summed E-state index contributed by atoms with van der Waals surface area (Å²) in [4.78, 5) is 0. The molecule has 0 saturated heterocycles. The summed E-state index contributed by atoms with van der Waals surface area (Å²) in [6.45, 7) is 0. The minimum absolute atomic E-state index is 0.0637. The molecule has 0 atom stereocenters. The van der Waals surface area contributed by atoms with Crippen LogP contribution < -0.4 is 0 Å². The van der Waals surface area contributed by atoms with Crippen LogP contribution in [0.25, 0.3) is 0 Å². The molecule has 0 N–H and O–H groups in total.